The Balaban J connectivity index is 3.33. The van der Waals surface area contributed by atoms with Crippen molar-refractivity contribution < 1.29 is 8.42 Å². The van der Waals surface area contributed by atoms with E-state index in [1.165, 1.54) is 6.07 Å². The summed E-state index contributed by atoms with van der Waals surface area (Å²) in [6.07, 6.45) is 0.777. The third kappa shape index (κ3) is 2.97. The van der Waals surface area contributed by atoms with E-state index in [1.807, 2.05) is 13.0 Å². The van der Waals surface area contributed by atoms with Crippen molar-refractivity contribution >= 4 is 35.7 Å². The number of benzene rings is 1. The zero-order chi connectivity index (χ0) is 10.1. The van der Waals surface area contributed by atoms with Crippen molar-refractivity contribution in [3.8, 4) is 0 Å². The third-order valence-electron chi connectivity index (χ3n) is 1.62. The van der Waals surface area contributed by atoms with Gasteiger partial charge in [0.15, 0.2) is 0 Å². The minimum absolute atomic E-state index is 0.139. The number of halogens is 2. The molecule has 0 N–H and O–H groups in total. The zero-order valence-electron chi connectivity index (χ0n) is 6.92. The monoisotopic (exact) mass is 282 g/mol. The Hall–Kier alpha value is -0.0600. The molecule has 72 valence electrons. The van der Waals surface area contributed by atoms with Crippen LogP contribution in [0.2, 0.25) is 0 Å². The van der Waals surface area contributed by atoms with Crippen molar-refractivity contribution in [3.63, 3.8) is 0 Å². The van der Waals surface area contributed by atoms with E-state index in [4.69, 9.17) is 10.7 Å². The normalized spacial score (nSPS) is 11.6. The SMILES string of the molecule is CCc1cc(Br)cc(S(=O)(=O)Cl)c1. The van der Waals surface area contributed by atoms with Gasteiger partial charge >= 0.3 is 0 Å². The van der Waals surface area contributed by atoms with Crippen molar-refractivity contribution in [1.29, 1.82) is 0 Å². The van der Waals surface area contributed by atoms with Gasteiger partial charge in [0.1, 0.15) is 0 Å². The second-order valence-electron chi connectivity index (χ2n) is 2.59. The molecule has 0 aromatic heterocycles. The van der Waals surface area contributed by atoms with Crippen LogP contribution in [0.3, 0.4) is 0 Å². The van der Waals surface area contributed by atoms with Gasteiger partial charge in [-0.3, -0.25) is 0 Å². The standard InChI is InChI=1S/C8H8BrClO2S/c1-2-6-3-7(9)5-8(4-6)13(10,11)12/h3-5H,2H2,1H3. The lowest BCUT2D eigenvalue weighted by molar-refractivity contribution is 0.609. The zero-order valence-corrected chi connectivity index (χ0v) is 10.1. The molecule has 0 saturated heterocycles. The summed E-state index contributed by atoms with van der Waals surface area (Å²) in [7, 11) is 1.60. The molecular formula is C8H8BrClO2S. The summed E-state index contributed by atoms with van der Waals surface area (Å²) in [6.45, 7) is 1.95. The average molecular weight is 284 g/mol. The largest absolute Gasteiger partial charge is 0.261 e. The molecular weight excluding hydrogens is 276 g/mol. The second kappa shape index (κ2) is 3.98. The van der Waals surface area contributed by atoms with Gasteiger partial charge < -0.3 is 0 Å². The lowest BCUT2D eigenvalue weighted by atomic mass is 10.2. The molecule has 5 heteroatoms. The van der Waals surface area contributed by atoms with E-state index >= 15 is 0 Å². The molecule has 0 radical (unpaired) electrons. The molecule has 0 aliphatic carbocycles. The highest BCUT2D eigenvalue weighted by atomic mass is 79.9. The van der Waals surface area contributed by atoms with Crippen molar-refractivity contribution in [2.75, 3.05) is 0 Å². The van der Waals surface area contributed by atoms with E-state index in [0.717, 1.165) is 16.5 Å². The van der Waals surface area contributed by atoms with Gasteiger partial charge in [-0.15, -0.1) is 0 Å². The fourth-order valence-electron chi connectivity index (χ4n) is 0.966. The van der Waals surface area contributed by atoms with Gasteiger partial charge in [-0.1, -0.05) is 22.9 Å². The van der Waals surface area contributed by atoms with Crippen molar-refractivity contribution in [1.82, 2.24) is 0 Å². The third-order valence-corrected chi connectivity index (χ3v) is 3.41. The van der Waals surface area contributed by atoms with Gasteiger partial charge in [0.05, 0.1) is 4.90 Å². The molecule has 2 nitrogen and oxygen atoms in total. The average Bonchev–Trinajstić information content (AvgIpc) is 2.01. The van der Waals surface area contributed by atoms with Crippen molar-refractivity contribution in [2.45, 2.75) is 18.2 Å². The maximum atomic E-state index is 11.0. The Morgan fingerprint density at radius 3 is 2.46 bits per heavy atom. The first-order valence-electron chi connectivity index (χ1n) is 3.67. The summed E-state index contributed by atoms with van der Waals surface area (Å²) in [4.78, 5) is 0.139. The van der Waals surface area contributed by atoms with Crippen LogP contribution in [-0.2, 0) is 15.5 Å². The van der Waals surface area contributed by atoms with Gasteiger partial charge in [-0.2, -0.15) is 0 Å². The minimum Gasteiger partial charge on any atom is -0.207 e. The molecule has 1 rings (SSSR count). The molecule has 1 aromatic rings. The van der Waals surface area contributed by atoms with Crippen LogP contribution in [0, 0.1) is 0 Å². The number of aryl methyl sites for hydroxylation is 1. The van der Waals surface area contributed by atoms with Crippen LogP contribution in [0.15, 0.2) is 27.6 Å². The summed E-state index contributed by atoms with van der Waals surface area (Å²) in [6, 6.07) is 4.93. The molecule has 0 aliphatic heterocycles. The highest BCUT2D eigenvalue weighted by Gasteiger charge is 2.11. The Bertz CT molecular complexity index is 414. The Kier molecular flexibility index (Phi) is 3.38. The van der Waals surface area contributed by atoms with Gasteiger partial charge in [0.25, 0.3) is 9.05 Å². The van der Waals surface area contributed by atoms with E-state index in [-0.39, 0.29) is 4.90 Å². The molecule has 0 aliphatic rings. The predicted molar refractivity (Wildman–Crippen MR) is 56.6 cm³/mol. The molecule has 0 unspecified atom stereocenters. The van der Waals surface area contributed by atoms with E-state index in [2.05, 4.69) is 15.9 Å². The fraction of sp³-hybridized carbons (Fsp3) is 0.250. The maximum Gasteiger partial charge on any atom is 0.261 e. The molecule has 1 aromatic carbocycles. The molecule has 13 heavy (non-hydrogen) atoms. The van der Waals surface area contributed by atoms with E-state index in [0.29, 0.717) is 0 Å². The Morgan fingerprint density at radius 2 is 2.00 bits per heavy atom. The summed E-state index contributed by atoms with van der Waals surface area (Å²) in [5.74, 6) is 0. The van der Waals surface area contributed by atoms with Gasteiger partial charge in [0.2, 0.25) is 0 Å². The second-order valence-corrected chi connectivity index (χ2v) is 6.07. The van der Waals surface area contributed by atoms with Crippen molar-refractivity contribution in [2.24, 2.45) is 0 Å². The summed E-state index contributed by atoms with van der Waals surface area (Å²) in [5, 5.41) is 0. The minimum atomic E-state index is -3.62. The summed E-state index contributed by atoms with van der Waals surface area (Å²) < 4.78 is 22.7. The van der Waals surface area contributed by atoms with E-state index in [9.17, 15) is 8.42 Å². The van der Waals surface area contributed by atoms with Gasteiger partial charge in [0, 0.05) is 15.2 Å². The van der Waals surface area contributed by atoms with Crippen LogP contribution in [0.4, 0.5) is 0 Å². The van der Waals surface area contributed by atoms with Crippen LogP contribution in [-0.4, -0.2) is 8.42 Å². The first kappa shape index (κ1) is 11.0. The highest BCUT2D eigenvalue weighted by molar-refractivity contribution is 9.10. The molecule has 0 fully saturated rings. The van der Waals surface area contributed by atoms with Crippen LogP contribution in [0.5, 0.6) is 0 Å². The van der Waals surface area contributed by atoms with E-state index in [1.54, 1.807) is 6.07 Å². The molecule has 0 heterocycles. The highest BCUT2D eigenvalue weighted by Crippen LogP contribution is 2.22. The molecule has 0 bridgehead atoms. The number of hydrogen-bond acceptors (Lipinski definition) is 2. The predicted octanol–water partition coefficient (Wildman–Crippen LogP) is 2.94. The Labute approximate surface area is 90.5 Å². The molecule has 0 atom stereocenters. The molecule has 0 amide bonds. The quantitative estimate of drug-likeness (QED) is 0.782. The maximum absolute atomic E-state index is 11.0. The number of hydrogen-bond donors (Lipinski definition) is 0. The van der Waals surface area contributed by atoms with Crippen LogP contribution in [0.25, 0.3) is 0 Å². The fourth-order valence-corrected chi connectivity index (χ4v) is 2.48. The summed E-state index contributed by atoms with van der Waals surface area (Å²) in [5.41, 5.74) is 0.939. The lowest BCUT2D eigenvalue weighted by Gasteiger charge is -2.01. The van der Waals surface area contributed by atoms with Gasteiger partial charge in [-0.25, -0.2) is 8.42 Å². The molecule has 0 saturated carbocycles. The molecule has 0 spiro atoms. The first-order valence-corrected chi connectivity index (χ1v) is 6.78. The van der Waals surface area contributed by atoms with E-state index < -0.39 is 9.05 Å². The smallest absolute Gasteiger partial charge is 0.207 e. The lowest BCUT2D eigenvalue weighted by Crippen LogP contribution is -1.92. The van der Waals surface area contributed by atoms with Crippen LogP contribution in [0.1, 0.15) is 12.5 Å². The topological polar surface area (TPSA) is 34.1 Å². The summed E-state index contributed by atoms with van der Waals surface area (Å²) >= 11 is 3.22. The van der Waals surface area contributed by atoms with Gasteiger partial charge in [-0.05, 0) is 30.2 Å². The van der Waals surface area contributed by atoms with Crippen LogP contribution >= 0.6 is 26.6 Å². The number of rotatable bonds is 2. The Morgan fingerprint density at radius 1 is 1.38 bits per heavy atom. The van der Waals surface area contributed by atoms with Crippen LogP contribution < -0.4 is 0 Å². The van der Waals surface area contributed by atoms with Crippen molar-refractivity contribution in [3.05, 3.63) is 28.2 Å². The first-order chi connectivity index (χ1) is 5.93.